The molecule has 4 N–H and O–H groups in total. The minimum absolute atomic E-state index is 0.0251. The van der Waals surface area contributed by atoms with E-state index in [1.807, 2.05) is 17.0 Å². The van der Waals surface area contributed by atoms with Crippen molar-refractivity contribution in [3.63, 3.8) is 0 Å². The van der Waals surface area contributed by atoms with Crippen molar-refractivity contribution in [3.8, 4) is 11.6 Å². The molecule has 13 rings (SSSR count). The zero-order valence-electron chi connectivity index (χ0n) is 40.2. The van der Waals surface area contributed by atoms with Gasteiger partial charge in [-0.15, -0.1) is 0 Å². The van der Waals surface area contributed by atoms with Crippen molar-refractivity contribution in [3.05, 3.63) is 93.7 Å². The van der Waals surface area contributed by atoms with Crippen molar-refractivity contribution in [2.24, 2.45) is 11.1 Å². The summed E-state index contributed by atoms with van der Waals surface area (Å²) in [5.74, 6) is -0.541. The number of hydrogen-bond donors (Lipinski definition) is 3. The number of nitrogens with zero attached hydrogens (tertiary/aromatic N) is 6. The molecule has 0 unspecified atom stereocenters. The van der Waals surface area contributed by atoms with Crippen molar-refractivity contribution >= 4 is 55.2 Å². The predicted molar refractivity (Wildman–Crippen MR) is 266 cm³/mol. The molecular formula is C52H59N9O10S. The molecule has 1 amide bonds. The zero-order valence-corrected chi connectivity index (χ0v) is 41.0. The molecule has 6 fully saturated rings. The van der Waals surface area contributed by atoms with Crippen LogP contribution in [0.25, 0.3) is 11.0 Å². The molecule has 19 nitrogen and oxygen atoms in total. The van der Waals surface area contributed by atoms with Gasteiger partial charge in [0.05, 0.1) is 77.4 Å². The van der Waals surface area contributed by atoms with Crippen molar-refractivity contribution in [2.45, 2.75) is 97.7 Å². The number of aromatic amines is 1. The van der Waals surface area contributed by atoms with Gasteiger partial charge in [0.2, 0.25) is 15.7 Å². The maximum atomic E-state index is 16.2. The lowest BCUT2D eigenvalue weighted by molar-refractivity contribution is -0.384. The van der Waals surface area contributed by atoms with Gasteiger partial charge in [-0.25, -0.2) is 8.42 Å². The van der Waals surface area contributed by atoms with Gasteiger partial charge >= 0.3 is 0 Å². The Morgan fingerprint density at radius 1 is 0.972 bits per heavy atom. The fraction of sp³-hybridized carbons (Fsp3) is 0.500. The van der Waals surface area contributed by atoms with Crippen LogP contribution in [-0.4, -0.2) is 148 Å². The lowest BCUT2D eigenvalue weighted by Gasteiger charge is -2.57. The molecule has 20 heteroatoms. The molecule has 2 aromatic heterocycles. The van der Waals surface area contributed by atoms with Gasteiger partial charge in [-0.2, -0.15) is 4.98 Å². The summed E-state index contributed by atoms with van der Waals surface area (Å²) in [6.07, 6.45) is 6.43. The quantitative estimate of drug-likeness (QED) is 0.110. The van der Waals surface area contributed by atoms with Crippen molar-refractivity contribution in [2.75, 3.05) is 87.5 Å². The van der Waals surface area contributed by atoms with Gasteiger partial charge < -0.3 is 49.5 Å². The van der Waals surface area contributed by atoms with Gasteiger partial charge in [0.1, 0.15) is 28.9 Å². The number of anilines is 4. The molecule has 2 bridgehead atoms. The summed E-state index contributed by atoms with van der Waals surface area (Å²) in [7, 11) is -4.78. The number of H-pyrrole nitrogens is 1. The normalized spacial score (nSPS) is 27.1. The number of nitro benzene ring substituents is 1. The summed E-state index contributed by atoms with van der Waals surface area (Å²) in [4.78, 5) is 42.8. The Morgan fingerprint density at radius 3 is 2.58 bits per heavy atom. The minimum Gasteiger partial charge on any atom is -0.489 e. The number of primary amides is 1. The number of likely N-dealkylation sites (tertiary alicyclic amines) is 1. The van der Waals surface area contributed by atoms with Crippen LogP contribution in [0.2, 0.25) is 0 Å². The summed E-state index contributed by atoms with van der Waals surface area (Å²) < 4.78 is 62.9. The fourth-order valence-corrected chi connectivity index (χ4v) is 15.0. The van der Waals surface area contributed by atoms with Gasteiger partial charge in [0.25, 0.3) is 11.6 Å². The number of carbonyl (C=O) groups is 1. The highest BCUT2D eigenvalue weighted by atomic mass is 32.2. The summed E-state index contributed by atoms with van der Waals surface area (Å²) in [6, 6.07) is 18.2. The summed E-state index contributed by atoms with van der Waals surface area (Å²) in [6.45, 7) is 8.20. The molecule has 5 aromatic rings. The van der Waals surface area contributed by atoms with E-state index in [9.17, 15) is 14.9 Å². The van der Waals surface area contributed by atoms with Crippen LogP contribution in [0.3, 0.4) is 0 Å². The number of fused-ring (bicyclic) bond motifs is 6. The number of benzene rings is 3. The SMILES string of the molecule is Cc1ccccc1[C@@H]1COCCN1C1CC2(CCN(c3ccc(C(N)=O)c(N4c5cc6cc[nH]c6nc5O[C@H]5COCC[C@@H]54)c3S(=O)(=O)c3cc4c(c([N+](=O)[O-])c3)N[C@@H](CN3C[C@H]5C[C@@H]3CO5)CO4)CC2)C1. The maximum absolute atomic E-state index is 16.2. The molecule has 1 spiro atoms. The van der Waals surface area contributed by atoms with Gasteiger partial charge in [-0.3, -0.25) is 24.7 Å². The molecule has 1 saturated carbocycles. The monoisotopic (exact) mass is 1000 g/mol. The molecule has 9 heterocycles. The summed E-state index contributed by atoms with van der Waals surface area (Å²) in [5, 5.41) is 17.2. The minimum atomic E-state index is -4.78. The van der Waals surface area contributed by atoms with E-state index in [-0.39, 0.29) is 81.2 Å². The smallest absolute Gasteiger partial charge is 0.297 e. The number of aryl methyl sites for hydroxylation is 1. The number of pyridine rings is 1. The molecule has 7 aliphatic heterocycles. The first kappa shape index (κ1) is 45.8. The maximum Gasteiger partial charge on any atom is 0.297 e. The molecule has 1 aliphatic carbocycles. The number of piperidine rings is 1. The Bertz CT molecular complexity index is 3100. The van der Waals surface area contributed by atoms with E-state index in [4.69, 9.17) is 34.4 Å². The number of aromatic nitrogens is 2. The first-order chi connectivity index (χ1) is 34.9. The van der Waals surface area contributed by atoms with Crippen LogP contribution in [-0.2, 0) is 24.0 Å². The first-order valence-electron chi connectivity index (χ1n) is 25.4. The van der Waals surface area contributed by atoms with Crippen LogP contribution in [0.4, 0.5) is 28.4 Å². The van der Waals surface area contributed by atoms with E-state index in [0.29, 0.717) is 75.5 Å². The van der Waals surface area contributed by atoms with Gasteiger partial charge in [0, 0.05) is 75.1 Å². The van der Waals surface area contributed by atoms with E-state index in [1.54, 1.807) is 18.3 Å². The lowest BCUT2D eigenvalue weighted by atomic mass is 9.59. The highest BCUT2D eigenvalue weighted by Crippen LogP contribution is 2.56. The molecule has 0 radical (unpaired) electrons. The van der Waals surface area contributed by atoms with Gasteiger partial charge in [-0.1, -0.05) is 24.3 Å². The molecule has 8 aliphatic rings. The van der Waals surface area contributed by atoms with E-state index in [1.165, 1.54) is 17.2 Å². The fourth-order valence-electron chi connectivity index (χ4n) is 13.3. The molecule has 72 heavy (non-hydrogen) atoms. The second kappa shape index (κ2) is 17.6. The highest BCUT2D eigenvalue weighted by Gasteiger charge is 2.51. The van der Waals surface area contributed by atoms with Crippen LogP contribution in [0.5, 0.6) is 11.6 Å². The third-order valence-corrected chi connectivity index (χ3v) is 18.8. The number of morpholine rings is 2. The van der Waals surface area contributed by atoms with Crippen LogP contribution in [0, 0.1) is 22.5 Å². The second-order valence-electron chi connectivity index (χ2n) is 21.1. The number of sulfone groups is 1. The number of nitrogens with two attached hydrogens (primary N) is 1. The average Bonchev–Trinajstić information content (AvgIpc) is 4.14. The zero-order chi connectivity index (χ0) is 49.0. The van der Waals surface area contributed by atoms with Crippen LogP contribution < -0.4 is 30.3 Å². The third kappa shape index (κ3) is 7.66. The first-order valence-corrected chi connectivity index (χ1v) is 26.8. The van der Waals surface area contributed by atoms with E-state index >= 15 is 8.42 Å². The highest BCUT2D eigenvalue weighted by molar-refractivity contribution is 7.91. The number of rotatable bonds is 10. The Kier molecular flexibility index (Phi) is 11.2. The number of ether oxygens (including phenoxy) is 5. The van der Waals surface area contributed by atoms with Crippen molar-refractivity contribution in [1.82, 2.24) is 19.8 Å². The second-order valence-corrected chi connectivity index (χ2v) is 23.0. The molecule has 5 saturated heterocycles. The Hall–Kier alpha value is -6.03. The van der Waals surface area contributed by atoms with Crippen molar-refractivity contribution in [1.29, 1.82) is 0 Å². The lowest BCUT2D eigenvalue weighted by Crippen LogP contribution is -2.58. The Morgan fingerprint density at radius 2 is 1.81 bits per heavy atom. The van der Waals surface area contributed by atoms with Crippen LogP contribution in [0.15, 0.2) is 76.7 Å². The van der Waals surface area contributed by atoms with Crippen LogP contribution >= 0.6 is 0 Å². The number of nitrogens with one attached hydrogen (secondary N) is 2. The summed E-state index contributed by atoms with van der Waals surface area (Å²) >= 11 is 0. The molecule has 378 valence electrons. The van der Waals surface area contributed by atoms with Crippen molar-refractivity contribution < 1.29 is 41.8 Å². The largest absolute Gasteiger partial charge is 0.489 e. The third-order valence-electron chi connectivity index (χ3n) is 17.0. The predicted octanol–water partition coefficient (Wildman–Crippen LogP) is 5.87. The number of carbonyl (C=O) groups excluding carboxylic acids is 1. The van der Waals surface area contributed by atoms with Crippen LogP contribution in [0.1, 0.15) is 66.1 Å². The number of amides is 1. The standard InChI is InChI=1S/C52H59N9O10S/c1-30-4-2-3-5-37(30)43-28-68-17-15-59(43)34-22-52(23-34)10-13-57(14-11-52)40-7-6-38(49(53)62)47(60-39-9-16-67-29-45(39)71-51-42(60)18-31-8-12-54-50(31)56-51)48(40)72(65,66)36-20-41(61(63)64)46-44(21-36)70-26-32(55-46)24-58-25-35-19-33(58)27-69-35/h2-8,12,18,20-21,32-35,39,43,45,55H,9-11,13-17,19,22-29H2,1H3,(H2,53,62)(H,54,56)/t32-,33+,35+,39-,43-,45-/m0/s1. The van der Waals surface area contributed by atoms with E-state index in [2.05, 4.69) is 56.2 Å². The van der Waals surface area contributed by atoms with Gasteiger partial charge in [-0.05, 0) is 86.3 Å². The van der Waals surface area contributed by atoms with Gasteiger partial charge in [0.15, 0.2) is 11.4 Å². The summed E-state index contributed by atoms with van der Waals surface area (Å²) in [5.41, 5.74) is 10.1. The van der Waals surface area contributed by atoms with E-state index < -0.39 is 38.5 Å². The number of nitro groups is 1. The Balaban J connectivity index is 0.896. The molecule has 6 atom stereocenters. The van der Waals surface area contributed by atoms with E-state index in [0.717, 1.165) is 56.6 Å². The molecule has 3 aromatic carbocycles. The molecular weight excluding hydrogens is 943 g/mol. The Labute approximate surface area is 416 Å². The average molecular weight is 1000 g/mol. The topological polar surface area (TPSA) is 220 Å². The number of hydrogen-bond acceptors (Lipinski definition) is 16.